The van der Waals surface area contributed by atoms with Crippen LogP contribution in [0.2, 0.25) is 0 Å². The summed E-state index contributed by atoms with van der Waals surface area (Å²) < 4.78 is 0. The van der Waals surface area contributed by atoms with E-state index in [1.165, 1.54) is 0 Å². The Morgan fingerprint density at radius 3 is 2.25 bits per heavy atom. The highest BCUT2D eigenvalue weighted by Gasteiger charge is 2.24. The van der Waals surface area contributed by atoms with Crippen molar-refractivity contribution in [1.29, 1.82) is 0 Å². The summed E-state index contributed by atoms with van der Waals surface area (Å²) >= 11 is 0. The van der Waals surface area contributed by atoms with Crippen LogP contribution in [-0.4, -0.2) is 41.5 Å². The zero-order valence-electron chi connectivity index (χ0n) is 8.68. The first-order valence-corrected chi connectivity index (χ1v) is 4.65. The maximum Gasteiger partial charge on any atom is 0.326 e. The molecule has 8 nitrogen and oxygen atoms in total. The molecule has 8 heteroatoms. The van der Waals surface area contributed by atoms with Crippen LogP contribution in [0.3, 0.4) is 0 Å². The van der Waals surface area contributed by atoms with Crippen molar-refractivity contribution < 1.29 is 19.5 Å². The van der Waals surface area contributed by atoms with Gasteiger partial charge in [0.25, 0.3) is 0 Å². The minimum Gasteiger partial charge on any atom is -0.480 e. The highest BCUT2D eigenvalue weighted by atomic mass is 16.4. The Bertz CT molecular complexity index is 281. The molecule has 0 saturated heterocycles. The number of rotatable bonds is 7. The number of carbonyl (C=O) groups excluding carboxylic acids is 2. The average Bonchev–Trinajstić information content (AvgIpc) is 2.16. The Labute approximate surface area is 92.1 Å². The topological polar surface area (TPSA) is 162 Å². The Balaban J connectivity index is 4.34. The third-order valence-electron chi connectivity index (χ3n) is 1.83. The SMILES string of the molecule is NCC[C@H](N)C(=O)N[C@@H](CC(N)=O)C(=O)O. The van der Waals surface area contributed by atoms with E-state index >= 15 is 0 Å². The van der Waals surface area contributed by atoms with Crippen LogP contribution < -0.4 is 22.5 Å². The highest BCUT2D eigenvalue weighted by molar-refractivity contribution is 5.89. The largest absolute Gasteiger partial charge is 0.480 e. The van der Waals surface area contributed by atoms with Crippen molar-refractivity contribution in [2.45, 2.75) is 24.9 Å². The third-order valence-corrected chi connectivity index (χ3v) is 1.83. The normalized spacial score (nSPS) is 13.9. The Morgan fingerprint density at radius 2 is 1.88 bits per heavy atom. The molecule has 0 aromatic carbocycles. The van der Waals surface area contributed by atoms with E-state index in [2.05, 4.69) is 5.32 Å². The van der Waals surface area contributed by atoms with Crippen molar-refractivity contribution in [3.05, 3.63) is 0 Å². The summed E-state index contributed by atoms with van der Waals surface area (Å²) in [7, 11) is 0. The summed E-state index contributed by atoms with van der Waals surface area (Å²) in [5.74, 6) is -2.83. The first kappa shape index (κ1) is 14.3. The highest BCUT2D eigenvalue weighted by Crippen LogP contribution is 1.94. The van der Waals surface area contributed by atoms with Crippen molar-refractivity contribution in [3.8, 4) is 0 Å². The molecule has 0 bridgehead atoms. The fourth-order valence-corrected chi connectivity index (χ4v) is 0.991. The van der Waals surface area contributed by atoms with E-state index in [4.69, 9.17) is 22.3 Å². The standard InChI is InChI=1S/C8H16N4O4/c9-2-1-4(10)7(14)12-5(8(15)16)3-6(11)13/h4-5H,1-3,9-10H2,(H2,11,13)(H,12,14)(H,15,16)/t4-,5-/m0/s1. The van der Waals surface area contributed by atoms with Crippen LogP contribution in [0.4, 0.5) is 0 Å². The molecular formula is C8H16N4O4. The molecule has 0 rings (SSSR count). The fourth-order valence-electron chi connectivity index (χ4n) is 0.991. The van der Waals surface area contributed by atoms with Gasteiger partial charge in [-0.05, 0) is 13.0 Å². The lowest BCUT2D eigenvalue weighted by Gasteiger charge is -2.16. The molecule has 8 N–H and O–H groups in total. The minimum atomic E-state index is -1.35. The summed E-state index contributed by atoms with van der Waals surface area (Å²) in [6, 6.07) is -2.24. The van der Waals surface area contributed by atoms with Crippen molar-refractivity contribution in [2.75, 3.05) is 6.54 Å². The van der Waals surface area contributed by atoms with Crippen LogP contribution in [0.25, 0.3) is 0 Å². The van der Waals surface area contributed by atoms with Crippen LogP contribution in [0, 0.1) is 0 Å². The zero-order chi connectivity index (χ0) is 12.7. The lowest BCUT2D eigenvalue weighted by Crippen LogP contribution is -2.50. The number of aliphatic carboxylic acids is 1. The predicted octanol–water partition coefficient (Wildman–Crippen LogP) is -2.89. The van der Waals surface area contributed by atoms with Gasteiger partial charge in [0.15, 0.2) is 0 Å². The van der Waals surface area contributed by atoms with Gasteiger partial charge in [-0.2, -0.15) is 0 Å². The van der Waals surface area contributed by atoms with Gasteiger partial charge < -0.3 is 27.6 Å². The lowest BCUT2D eigenvalue weighted by molar-refractivity contribution is -0.143. The Morgan fingerprint density at radius 1 is 1.31 bits per heavy atom. The van der Waals surface area contributed by atoms with Crippen LogP contribution in [0.15, 0.2) is 0 Å². The molecule has 0 radical (unpaired) electrons. The monoisotopic (exact) mass is 232 g/mol. The van der Waals surface area contributed by atoms with Crippen molar-refractivity contribution in [3.63, 3.8) is 0 Å². The van der Waals surface area contributed by atoms with Gasteiger partial charge in [0.05, 0.1) is 12.5 Å². The second-order valence-electron chi connectivity index (χ2n) is 3.25. The second kappa shape index (κ2) is 6.75. The molecule has 0 aliphatic heterocycles. The van der Waals surface area contributed by atoms with Gasteiger partial charge in [0, 0.05) is 0 Å². The smallest absolute Gasteiger partial charge is 0.326 e. The fraction of sp³-hybridized carbons (Fsp3) is 0.625. The van der Waals surface area contributed by atoms with Gasteiger partial charge in [-0.15, -0.1) is 0 Å². The first-order valence-electron chi connectivity index (χ1n) is 4.65. The number of nitrogens with one attached hydrogen (secondary N) is 1. The number of hydrogen-bond acceptors (Lipinski definition) is 5. The molecule has 0 aromatic heterocycles. The number of amides is 2. The summed E-state index contributed by atoms with van der Waals surface area (Å²) in [6.45, 7) is 0.210. The molecule has 0 unspecified atom stereocenters. The molecule has 16 heavy (non-hydrogen) atoms. The van der Waals surface area contributed by atoms with Gasteiger partial charge in [-0.25, -0.2) is 4.79 Å². The van der Waals surface area contributed by atoms with E-state index in [9.17, 15) is 14.4 Å². The molecule has 0 aromatic rings. The number of hydrogen-bond donors (Lipinski definition) is 5. The summed E-state index contributed by atoms with van der Waals surface area (Å²) in [4.78, 5) is 32.5. The molecular weight excluding hydrogens is 216 g/mol. The van der Waals surface area contributed by atoms with Crippen LogP contribution >= 0.6 is 0 Å². The van der Waals surface area contributed by atoms with Gasteiger partial charge in [0.2, 0.25) is 11.8 Å². The van der Waals surface area contributed by atoms with E-state index in [0.29, 0.717) is 0 Å². The van der Waals surface area contributed by atoms with Crippen LogP contribution in [0.1, 0.15) is 12.8 Å². The van der Waals surface area contributed by atoms with E-state index < -0.39 is 36.3 Å². The molecule has 92 valence electrons. The van der Waals surface area contributed by atoms with E-state index in [0.717, 1.165) is 0 Å². The lowest BCUT2D eigenvalue weighted by atomic mass is 10.1. The number of nitrogens with two attached hydrogens (primary N) is 3. The van der Waals surface area contributed by atoms with Gasteiger partial charge in [-0.3, -0.25) is 9.59 Å². The van der Waals surface area contributed by atoms with E-state index in [1.807, 2.05) is 0 Å². The quantitative estimate of drug-likeness (QED) is 0.316. The van der Waals surface area contributed by atoms with Gasteiger partial charge in [-0.1, -0.05) is 0 Å². The van der Waals surface area contributed by atoms with Crippen molar-refractivity contribution in [2.24, 2.45) is 17.2 Å². The Kier molecular flexibility index (Phi) is 6.04. The third kappa shape index (κ3) is 5.27. The summed E-state index contributed by atoms with van der Waals surface area (Å²) in [6.07, 6.45) is -0.245. The number of primary amides is 1. The average molecular weight is 232 g/mol. The van der Waals surface area contributed by atoms with Crippen molar-refractivity contribution in [1.82, 2.24) is 5.32 Å². The first-order chi connectivity index (χ1) is 7.38. The molecule has 0 heterocycles. The summed E-state index contributed by atoms with van der Waals surface area (Å²) in [5, 5.41) is 10.8. The van der Waals surface area contributed by atoms with Crippen molar-refractivity contribution >= 4 is 17.8 Å². The molecule has 0 saturated carbocycles. The number of carboxylic acids is 1. The number of carboxylic acid groups (broad SMARTS) is 1. The molecule has 0 aliphatic rings. The van der Waals surface area contributed by atoms with Gasteiger partial charge >= 0.3 is 5.97 Å². The van der Waals surface area contributed by atoms with Gasteiger partial charge in [0.1, 0.15) is 6.04 Å². The molecule has 0 fully saturated rings. The second-order valence-corrected chi connectivity index (χ2v) is 3.25. The van der Waals surface area contributed by atoms with E-state index in [1.54, 1.807) is 0 Å². The molecule has 2 atom stereocenters. The zero-order valence-corrected chi connectivity index (χ0v) is 8.68. The summed E-state index contributed by atoms with van der Waals surface area (Å²) in [5.41, 5.74) is 15.4. The maximum atomic E-state index is 11.3. The maximum absolute atomic E-state index is 11.3. The predicted molar refractivity (Wildman–Crippen MR) is 55.0 cm³/mol. The van der Waals surface area contributed by atoms with Crippen LogP contribution in [-0.2, 0) is 14.4 Å². The molecule has 0 aliphatic carbocycles. The Hall–Kier alpha value is -1.67. The number of carbonyl (C=O) groups is 3. The van der Waals surface area contributed by atoms with E-state index in [-0.39, 0.29) is 13.0 Å². The minimum absolute atomic E-state index is 0.210. The van der Waals surface area contributed by atoms with Crippen LogP contribution in [0.5, 0.6) is 0 Å². The molecule has 2 amide bonds. The molecule has 0 spiro atoms.